The molecule has 2 aromatic rings. The van der Waals surface area contributed by atoms with Crippen molar-refractivity contribution < 1.29 is 4.74 Å². The van der Waals surface area contributed by atoms with Gasteiger partial charge in [0.1, 0.15) is 17.6 Å². The van der Waals surface area contributed by atoms with Crippen LogP contribution < -0.4 is 10.1 Å². The van der Waals surface area contributed by atoms with Gasteiger partial charge in [-0.1, -0.05) is 6.07 Å². The smallest absolute Gasteiger partial charge is 0.213 e. The van der Waals surface area contributed by atoms with Gasteiger partial charge in [-0.15, -0.1) is 0 Å². The second-order valence-corrected chi connectivity index (χ2v) is 5.13. The summed E-state index contributed by atoms with van der Waals surface area (Å²) in [6.07, 6.45) is 4.28. The average Bonchev–Trinajstić information content (AvgIpc) is 3.36. The average molecular weight is 280 g/mol. The molecule has 0 saturated heterocycles. The van der Waals surface area contributed by atoms with Crippen molar-refractivity contribution in [1.29, 1.82) is 5.26 Å². The van der Waals surface area contributed by atoms with Crippen molar-refractivity contribution in [2.45, 2.75) is 19.4 Å². The summed E-state index contributed by atoms with van der Waals surface area (Å²) in [6, 6.07) is 11.2. The molecule has 5 nitrogen and oxygen atoms in total. The molecule has 2 aromatic heterocycles. The first-order valence-electron chi connectivity index (χ1n) is 7.02. The zero-order valence-corrected chi connectivity index (χ0v) is 11.6. The Labute approximate surface area is 123 Å². The van der Waals surface area contributed by atoms with E-state index in [1.54, 1.807) is 12.3 Å². The highest BCUT2D eigenvalue weighted by atomic mass is 16.5. The van der Waals surface area contributed by atoms with Gasteiger partial charge in [0.05, 0.1) is 6.61 Å². The molecule has 1 aliphatic carbocycles. The third-order valence-electron chi connectivity index (χ3n) is 3.30. The van der Waals surface area contributed by atoms with Gasteiger partial charge in [-0.2, -0.15) is 5.26 Å². The van der Waals surface area contributed by atoms with Gasteiger partial charge in [0, 0.05) is 18.8 Å². The third-order valence-corrected chi connectivity index (χ3v) is 3.30. The van der Waals surface area contributed by atoms with Crippen LogP contribution in [0.2, 0.25) is 0 Å². The third kappa shape index (κ3) is 3.93. The van der Waals surface area contributed by atoms with Gasteiger partial charge in [-0.25, -0.2) is 9.97 Å². The monoisotopic (exact) mass is 280 g/mol. The van der Waals surface area contributed by atoms with E-state index in [-0.39, 0.29) is 0 Å². The highest BCUT2D eigenvalue weighted by Gasteiger charge is 2.22. The molecule has 21 heavy (non-hydrogen) atoms. The van der Waals surface area contributed by atoms with E-state index < -0.39 is 0 Å². The van der Waals surface area contributed by atoms with Gasteiger partial charge in [0.2, 0.25) is 5.88 Å². The maximum Gasteiger partial charge on any atom is 0.213 e. The number of anilines is 1. The Balaban J connectivity index is 1.58. The van der Waals surface area contributed by atoms with Gasteiger partial charge < -0.3 is 10.1 Å². The van der Waals surface area contributed by atoms with Crippen LogP contribution in [0, 0.1) is 17.2 Å². The molecule has 0 spiro atoms. The largest absolute Gasteiger partial charge is 0.477 e. The topological polar surface area (TPSA) is 70.8 Å². The molecule has 0 aromatic carbocycles. The molecule has 1 aliphatic rings. The Morgan fingerprint density at radius 3 is 3.05 bits per heavy atom. The summed E-state index contributed by atoms with van der Waals surface area (Å²) in [7, 11) is 0. The van der Waals surface area contributed by atoms with E-state index >= 15 is 0 Å². The van der Waals surface area contributed by atoms with Gasteiger partial charge in [0.15, 0.2) is 0 Å². The molecular formula is C16H16N4O. The quantitative estimate of drug-likeness (QED) is 0.881. The molecule has 2 heterocycles. The molecule has 0 bridgehead atoms. The second-order valence-electron chi connectivity index (χ2n) is 5.13. The summed E-state index contributed by atoms with van der Waals surface area (Å²) in [4.78, 5) is 8.39. The lowest BCUT2D eigenvalue weighted by atomic mass is 10.2. The summed E-state index contributed by atoms with van der Waals surface area (Å²) in [6.45, 7) is 1.37. The Hall–Kier alpha value is -2.61. The molecule has 0 atom stereocenters. The van der Waals surface area contributed by atoms with Crippen molar-refractivity contribution in [1.82, 2.24) is 9.97 Å². The van der Waals surface area contributed by atoms with E-state index in [4.69, 9.17) is 10.00 Å². The number of hydrogen-bond donors (Lipinski definition) is 1. The number of ether oxygens (including phenoxy) is 1. The minimum absolute atomic E-state index is 0.406. The van der Waals surface area contributed by atoms with E-state index in [2.05, 4.69) is 15.3 Å². The van der Waals surface area contributed by atoms with Gasteiger partial charge in [-0.3, -0.25) is 0 Å². The lowest BCUT2D eigenvalue weighted by Crippen LogP contribution is -2.04. The predicted octanol–water partition coefficient (Wildman–Crippen LogP) is 2.75. The summed E-state index contributed by atoms with van der Waals surface area (Å²) >= 11 is 0. The Kier molecular flexibility index (Phi) is 3.97. The number of aromatic nitrogens is 2. The van der Waals surface area contributed by atoms with E-state index in [0.29, 0.717) is 29.9 Å². The Morgan fingerprint density at radius 2 is 2.24 bits per heavy atom. The second kappa shape index (κ2) is 6.23. The van der Waals surface area contributed by atoms with Crippen LogP contribution in [0.15, 0.2) is 36.5 Å². The SMILES string of the molecule is N#Cc1cccc(NCc2ccnc(OCC3CC3)c2)n1. The van der Waals surface area contributed by atoms with Crippen molar-refractivity contribution in [2.75, 3.05) is 11.9 Å². The fourth-order valence-corrected chi connectivity index (χ4v) is 1.92. The summed E-state index contributed by atoms with van der Waals surface area (Å²) in [5.41, 5.74) is 1.48. The van der Waals surface area contributed by atoms with Crippen molar-refractivity contribution in [3.63, 3.8) is 0 Å². The van der Waals surface area contributed by atoms with Crippen LogP contribution in [0.1, 0.15) is 24.1 Å². The van der Waals surface area contributed by atoms with Crippen LogP contribution in [-0.2, 0) is 6.54 Å². The van der Waals surface area contributed by atoms with Crippen LogP contribution in [0.3, 0.4) is 0 Å². The molecule has 1 N–H and O–H groups in total. The number of hydrogen-bond acceptors (Lipinski definition) is 5. The fraction of sp³-hybridized carbons (Fsp3) is 0.312. The standard InChI is InChI=1S/C16H16N4O/c17-9-14-2-1-3-15(20-14)19-10-13-6-7-18-16(8-13)21-11-12-4-5-12/h1-3,6-8,12H,4-5,10-11H2,(H,19,20). The van der Waals surface area contributed by atoms with Gasteiger partial charge in [0.25, 0.3) is 0 Å². The van der Waals surface area contributed by atoms with E-state index in [1.807, 2.05) is 30.3 Å². The first-order chi connectivity index (χ1) is 10.3. The van der Waals surface area contributed by atoms with Crippen molar-refractivity contribution in [2.24, 2.45) is 5.92 Å². The number of rotatable bonds is 6. The maximum absolute atomic E-state index is 8.83. The molecule has 5 heteroatoms. The van der Waals surface area contributed by atoms with Gasteiger partial charge >= 0.3 is 0 Å². The molecule has 0 radical (unpaired) electrons. The van der Waals surface area contributed by atoms with Crippen LogP contribution in [0.4, 0.5) is 5.82 Å². The first kappa shape index (κ1) is 13.4. The van der Waals surface area contributed by atoms with Crippen LogP contribution in [0.5, 0.6) is 5.88 Å². The van der Waals surface area contributed by atoms with Crippen LogP contribution in [-0.4, -0.2) is 16.6 Å². The molecule has 1 fully saturated rings. The highest BCUT2D eigenvalue weighted by Crippen LogP contribution is 2.29. The summed E-state index contributed by atoms with van der Waals surface area (Å²) in [5, 5.41) is 12.0. The Bertz CT molecular complexity index is 661. The first-order valence-corrected chi connectivity index (χ1v) is 7.02. The zero-order chi connectivity index (χ0) is 14.5. The van der Waals surface area contributed by atoms with Crippen molar-refractivity contribution in [3.8, 4) is 11.9 Å². The maximum atomic E-state index is 8.83. The van der Waals surface area contributed by atoms with E-state index in [1.165, 1.54) is 12.8 Å². The predicted molar refractivity (Wildman–Crippen MR) is 78.7 cm³/mol. The number of nitrogens with zero attached hydrogens (tertiary/aromatic N) is 3. The minimum atomic E-state index is 0.406. The molecular weight excluding hydrogens is 264 g/mol. The van der Waals surface area contributed by atoms with E-state index in [9.17, 15) is 0 Å². The van der Waals surface area contributed by atoms with Crippen molar-refractivity contribution >= 4 is 5.82 Å². The fourth-order valence-electron chi connectivity index (χ4n) is 1.92. The lowest BCUT2D eigenvalue weighted by Gasteiger charge is -2.08. The molecule has 1 saturated carbocycles. The van der Waals surface area contributed by atoms with E-state index in [0.717, 1.165) is 12.2 Å². The molecule has 3 rings (SSSR count). The van der Waals surface area contributed by atoms with Crippen molar-refractivity contribution in [3.05, 3.63) is 47.8 Å². The minimum Gasteiger partial charge on any atom is -0.477 e. The Morgan fingerprint density at radius 1 is 1.33 bits per heavy atom. The lowest BCUT2D eigenvalue weighted by molar-refractivity contribution is 0.288. The molecule has 0 unspecified atom stereocenters. The highest BCUT2D eigenvalue weighted by molar-refractivity contribution is 5.39. The van der Waals surface area contributed by atoms with Crippen LogP contribution >= 0.6 is 0 Å². The van der Waals surface area contributed by atoms with Crippen LogP contribution in [0.25, 0.3) is 0 Å². The summed E-state index contributed by atoms with van der Waals surface area (Å²) < 4.78 is 5.66. The molecule has 0 aliphatic heterocycles. The zero-order valence-electron chi connectivity index (χ0n) is 11.6. The number of pyridine rings is 2. The summed E-state index contributed by atoms with van der Waals surface area (Å²) in [5.74, 6) is 2.07. The normalized spacial score (nSPS) is 13.5. The number of nitrogens with one attached hydrogen (secondary N) is 1. The molecule has 106 valence electrons. The molecule has 0 amide bonds. The van der Waals surface area contributed by atoms with Gasteiger partial charge in [-0.05, 0) is 42.5 Å². The number of nitriles is 1.